The van der Waals surface area contributed by atoms with E-state index in [0.717, 1.165) is 0 Å². The highest BCUT2D eigenvalue weighted by molar-refractivity contribution is 7.80. The Kier molecular flexibility index (Phi) is 4.11. The van der Waals surface area contributed by atoms with E-state index in [-0.39, 0.29) is 28.6 Å². The van der Waals surface area contributed by atoms with E-state index in [9.17, 15) is 9.18 Å². The predicted molar refractivity (Wildman–Crippen MR) is 74.4 cm³/mol. The summed E-state index contributed by atoms with van der Waals surface area (Å²) in [6.45, 7) is 2.28. The lowest BCUT2D eigenvalue weighted by Crippen LogP contribution is -2.23. The second kappa shape index (κ2) is 5.63. The molecule has 2 unspecified atom stereocenters. The molecule has 19 heavy (non-hydrogen) atoms. The SMILES string of the molecule is CC1CC(C(=O)Nc2ccc(C(N)=S)cc2F)CO1. The molecule has 0 saturated carbocycles. The molecule has 2 rings (SSSR count). The van der Waals surface area contributed by atoms with E-state index in [2.05, 4.69) is 5.32 Å². The van der Waals surface area contributed by atoms with Gasteiger partial charge in [-0.1, -0.05) is 12.2 Å². The third kappa shape index (κ3) is 3.27. The molecule has 0 aliphatic carbocycles. The van der Waals surface area contributed by atoms with Crippen molar-refractivity contribution in [2.24, 2.45) is 11.7 Å². The maximum absolute atomic E-state index is 13.8. The Morgan fingerprint density at radius 3 is 2.84 bits per heavy atom. The molecule has 6 heteroatoms. The van der Waals surface area contributed by atoms with Gasteiger partial charge in [0.2, 0.25) is 5.91 Å². The van der Waals surface area contributed by atoms with Crippen LogP contribution in [0.4, 0.5) is 10.1 Å². The van der Waals surface area contributed by atoms with Gasteiger partial charge in [0.15, 0.2) is 0 Å². The van der Waals surface area contributed by atoms with E-state index < -0.39 is 5.82 Å². The summed E-state index contributed by atoms with van der Waals surface area (Å²) in [5, 5.41) is 2.56. The van der Waals surface area contributed by atoms with Crippen molar-refractivity contribution in [3.63, 3.8) is 0 Å². The van der Waals surface area contributed by atoms with Crippen molar-refractivity contribution in [1.82, 2.24) is 0 Å². The molecule has 102 valence electrons. The van der Waals surface area contributed by atoms with Gasteiger partial charge < -0.3 is 15.8 Å². The Morgan fingerprint density at radius 2 is 2.32 bits per heavy atom. The van der Waals surface area contributed by atoms with E-state index in [0.29, 0.717) is 18.6 Å². The lowest BCUT2D eigenvalue weighted by Gasteiger charge is -2.11. The first kappa shape index (κ1) is 13.9. The van der Waals surface area contributed by atoms with Crippen molar-refractivity contribution < 1.29 is 13.9 Å². The fraction of sp³-hybridized carbons (Fsp3) is 0.385. The summed E-state index contributed by atoms with van der Waals surface area (Å²) < 4.78 is 19.1. The largest absolute Gasteiger partial charge is 0.389 e. The maximum Gasteiger partial charge on any atom is 0.229 e. The number of nitrogens with two attached hydrogens (primary N) is 1. The second-order valence-electron chi connectivity index (χ2n) is 4.62. The molecule has 0 radical (unpaired) electrons. The third-order valence-corrected chi connectivity index (χ3v) is 3.32. The molecule has 1 saturated heterocycles. The van der Waals surface area contributed by atoms with Crippen molar-refractivity contribution in [1.29, 1.82) is 0 Å². The number of thiocarbonyl (C=S) groups is 1. The van der Waals surface area contributed by atoms with Gasteiger partial charge in [0.25, 0.3) is 0 Å². The summed E-state index contributed by atoms with van der Waals surface area (Å²) >= 11 is 4.76. The van der Waals surface area contributed by atoms with Crippen LogP contribution in [0.1, 0.15) is 18.9 Å². The molecule has 1 aliphatic heterocycles. The Bertz CT molecular complexity index is 521. The standard InChI is InChI=1S/C13H15FN2O2S/c1-7-4-9(6-18-7)13(17)16-11-3-2-8(12(15)19)5-10(11)14/h2-3,5,7,9H,4,6H2,1H3,(H2,15,19)(H,16,17). The van der Waals surface area contributed by atoms with Crippen molar-refractivity contribution in [3.8, 4) is 0 Å². The molecule has 0 aromatic heterocycles. The lowest BCUT2D eigenvalue weighted by atomic mass is 10.1. The quantitative estimate of drug-likeness (QED) is 0.830. The van der Waals surface area contributed by atoms with Crippen molar-refractivity contribution in [2.45, 2.75) is 19.4 Å². The number of rotatable bonds is 3. The molecular formula is C13H15FN2O2S. The summed E-state index contributed by atoms with van der Waals surface area (Å²) in [4.78, 5) is 12.0. The lowest BCUT2D eigenvalue weighted by molar-refractivity contribution is -0.119. The highest BCUT2D eigenvalue weighted by Crippen LogP contribution is 2.22. The van der Waals surface area contributed by atoms with Crippen molar-refractivity contribution >= 4 is 28.8 Å². The highest BCUT2D eigenvalue weighted by atomic mass is 32.1. The number of ether oxygens (including phenoxy) is 1. The fourth-order valence-corrected chi connectivity index (χ4v) is 2.13. The van der Waals surface area contributed by atoms with Crippen LogP contribution in [0.3, 0.4) is 0 Å². The van der Waals surface area contributed by atoms with Crippen LogP contribution in [-0.2, 0) is 9.53 Å². The molecule has 1 heterocycles. The minimum atomic E-state index is -0.550. The first-order valence-corrected chi connectivity index (χ1v) is 6.40. The van der Waals surface area contributed by atoms with Crippen LogP contribution in [0.25, 0.3) is 0 Å². The Balaban J connectivity index is 2.07. The summed E-state index contributed by atoms with van der Waals surface area (Å²) in [5.74, 6) is -1.01. The number of carbonyl (C=O) groups excluding carboxylic acids is 1. The molecule has 2 atom stereocenters. The number of nitrogens with one attached hydrogen (secondary N) is 1. The molecule has 3 N–H and O–H groups in total. The van der Waals surface area contributed by atoms with E-state index in [1.54, 1.807) is 6.07 Å². The number of carbonyl (C=O) groups is 1. The molecule has 1 aromatic rings. The molecular weight excluding hydrogens is 267 g/mol. The zero-order chi connectivity index (χ0) is 14.0. The van der Waals surface area contributed by atoms with E-state index in [1.165, 1.54) is 12.1 Å². The number of anilines is 1. The number of halogens is 1. The van der Waals surface area contributed by atoms with E-state index in [1.807, 2.05) is 6.92 Å². The normalized spacial score (nSPS) is 22.2. The summed E-state index contributed by atoms with van der Waals surface area (Å²) in [6, 6.07) is 4.25. The number of hydrogen-bond acceptors (Lipinski definition) is 3. The van der Waals surface area contributed by atoms with Gasteiger partial charge in [0, 0.05) is 5.56 Å². The van der Waals surface area contributed by atoms with Gasteiger partial charge in [-0.3, -0.25) is 4.79 Å². The Labute approximate surface area is 116 Å². The van der Waals surface area contributed by atoms with Gasteiger partial charge in [-0.15, -0.1) is 0 Å². The first-order chi connectivity index (χ1) is 8.97. The van der Waals surface area contributed by atoms with Gasteiger partial charge >= 0.3 is 0 Å². The summed E-state index contributed by atoms with van der Waals surface area (Å²) in [7, 11) is 0. The van der Waals surface area contributed by atoms with Crippen LogP contribution in [0.2, 0.25) is 0 Å². The van der Waals surface area contributed by atoms with Gasteiger partial charge in [0.05, 0.1) is 24.3 Å². The molecule has 0 bridgehead atoms. The van der Waals surface area contributed by atoms with Crippen LogP contribution in [0.15, 0.2) is 18.2 Å². The predicted octanol–water partition coefficient (Wildman–Crippen LogP) is 1.82. The van der Waals surface area contributed by atoms with E-state index in [4.69, 9.17) is 22.7 Å². The van der Waals surface area contributed by atoms with Crippen molar-refractivity contribution in [3.05, 3.63) is 29.6 Å². The summed E-state index contributed by atoms with van der Waals surface area (Å²) in [6.07, 6.45) is 0.718. The smallest absolute Gasteiger partial charge is 0.229 e. The van der Waals surface area contributed by atoms with Crippen LogP contribution < -0.4 is 11.1 Å². The average Bonchev–Trinajstić information content (AvgIpc) is 2.78. The van der Waals surface area contributed by atoms with Gasteiger partial charge in [-0.2, -0.15) is 0 Å². The van der Waals surface area contributed by atoms with Gasteiger partial charge in [-0.05, 0) is 31.5 Å². The van der Waals surface area contributed by atoms with Crippen molar-refractivity contribution in [2.75, 3.05) is 11.9 Å². The van der Waals surface area contributed by atoms with Gasteiger partial charge in [-0.25, -0.2) is 4.39 Å². The zero-order valence-electron chi connectivity index (χ0n) is 10.5. The topological polar surface area (TPSA) is 64.4 Å². The number of hydrogen-bond donors (Lipinski definition) is 2. The first-order valence-electron chi connectivity index (χ1n) is 5.99. The molecule has 4 nitrogen and oxygen atoms in total. The monoisotopic (exact) mass is 282 g/mol. The second-order valence-corrected chi connectivity index (χ2v) is 5.06. The summed E-state index contributed by atoms with van der Waals surface area (Å²) in [5.41, 5.74) is 5.97. The highest BCUT2D eigenvalue weighted by Gasteiger charge is 2.28. The Hall–Kier alpha value is -1.53. The molecule has 1 aromatic carbocycles. The van der Waals surface area contributed by atoms with Crippen LogP contribution >= 0.6 is 12.2 Å². The van der Waals surface area contributed by atoms with Crippen LogP contribution in [0, 0.1) is 11.7 Å². The average molecular weight is 282 g/mol. The van der Waals surface area contributed by atoms with Crippen LogP contribution in [0.5, 0.6) is 0 Å². The third-order valence-electron chi connectivity index (χ3n) is 3.08. The fourth-order valence-electron chi connectivity index (χ4n) is 2.00. The van der Waals surface area contributed by atoms with E-state index >= 15 is 0 Å². The molecule has 1 amide bonds. The molecule has 1 aliphatic rings. The molecule has 1 fully saturated rings. The minimum Gasteiger partial charge on any atom is -0.389 e. The number of benzene rings is 1. The molecule has 0 spiro atoms. The maximum atomic E-state index is 13.8. The van der Waals surface area contributed by atoms with Crippen LogP contribution in [-0.4, -0.2) is 23.6 Å². The number of amides is 1. The Morgan fingerprint density at radius 1 is 1.58 bits per heavy atom. The minimum absolute atomic E-state index is 0.0672. The van der Waals surface area contributed by atoms with Gasteiger partial charge in [0.1, 0.15) is 10.8 Å². The zero-order valence-corrected chi connectivity index (χ0v) is 11.3.